The molecule has 1 aromatic heterocycles. The lowest BCUT2D eigenvalue weighted by Crippen LogP contribution is -2.48. The van der Waals surface area contributed by atoms with E-state index in [0.717, 1.165) is 37.0 Å². The van der Waals surface area contributed by atoms with Crippen LogP contribution in [0.1, 0.15) is 54.8 Å². The topological polar surface area (TPSA) is 72.4 Å². The molecule has 24 heavy (non-hydrogen) atoms. The van der Waals surface area contributed by atoms with Crippen molar-refractivity contribution in [2.24, 2.45) is 5.73 Å². The maximum absolute atomic E-state index is 13.1. The van der Waals surface area contributed by atoms with Gasteiger partial charge in [0.15, 0.2) is 5.69 Å². The predicted molar refractivity (Wildman–Crippen MR) is 91.6 cm³/mol. The summed E-state index contributed by atoms with van der Waals surface area (Å²) in [6.45, 7) is 2.75. The highest BCUT2D eigenvalue weighted by Gasteiger charge is 2.37. The van der Waals surface area contributed by atoms with Gasteiger partial charge in [0.05, 0.1) is 0 Å². The fraction of sp³-hybridized carbons (Fsp3) is 0.474. The number of piperidine rings is 1. The zero-order valence-electron chi connectivity index (χ0n) is 13.9. The van der Waals surface area contributed by atoms with E-state index < -0.39 is 0 Å². The summed E-state index contributed by atoms with van der Waals surface area (Å²) in [5.74, 6) is 1.64. The lowest BCUT2D eigenvalue weighted by molar-refractivity contribution is 0.0611. The van der Waals surface area contributed by atoms with Crippen LogP contribution >= 0.6 is 0 Å². The summed E-state index contributed by atoms with van der Waals surface area (Å²) in [6.07, 6.45) is 3.83. The number of benzene rings is 1. The molecule has 4 rings (SSSR count). The molecule has 1 aliphatic heterocycles. The second-order valence-corrected chi connectivity index (χ2v) is 7.00. The molecule has 2 atom stereocenters. The molecule has 1 aromatic carbocycles. The van der Waals surface area contributed by atoms with Crippen LogP contribution in [-0.4, -0.2) is 34.4 Å². The summed E-state index contributed by atoms with van der Waals surface area (Å²) in [7, 11) is 0. The number of carbonyl (C=O) groups is 1. The first-order chi connectivity index (χ1) is 11.6. The van der Waals surface area contributed by atoms with Crippen LogP contribution in [0.3, 0.4) is 0 Å². The number of hydrogen-bond donors (Lipinski definition) is 1. The van der Waals surface area contributed by atoms with Gasteiger partial charge >= 0.3 is 0 Å². The van der Waals surface area contributed by atoms with Crippen LogP contribution in [0.15, 0.2) is 34.7 Å². The maximum atomic E-state index is 13.1. The van der Waals surface area contributed by atoms with Crippen molar-refractivity contribution in [3.8, 4) is 11.5 Å². The smallest absolute Gasteiger partial charge is 0.276 e. The van der Waals surface area contributed by atoms with Crippen molar-refractivity contribution in [3.05, 3.63) is 41.8 Å². The van der Waals surface area contributed by atoms with E-state index in [1.54, 1.807) is 0 Å². The average molecular weight is 325 g/mol. The predicted octanol–water partition coefficient (Wildman–Crippen LogP) is 3.17. The van der Waals surface area contributed by atoms with Gasteiger partial charge in [-0.2, -0.15) is 0 Å². The molecule has 2 fully saturated rings. The molecule has 2 aliphatic rings. The van der Waals surface area contributed by atoms with Gasteiger partial charge in [-0.1, -0.05) is 18.2 Å². The summed E-state index contributed by atoms with van der Waals surface area (Å²) < 4.78 is 6.01. The van der Waals surface area contributed by atoms with E-state index in [-0.39, 0.29) is 18.0 Å². The van der Waals surface area contributed by atoms with E-state index >= 15 is 0 Å². The van der Waals surface area contributed by atoms with Gasteiger partial charge in [-0.15, -0.1) is 0 Å². The van der Waals surface area contributed by atoms with Gasteiger partial charge in [-0.05, 0) is 44.7 Å². The van der Waals surface area contributed by atoms with E-state index in [1.807, 2.05) is 35.2 Å². The Kier molecular flexibility index (Phi) is 3.88. The van der Waals surface area contributed by atoms with Gasteiger partial charge in [-0.3, -0.25) is 4.79 Å². The van der Waals surface area contributed by atoms with Crippen molar-refractivity contribution in [2.45, 2.75) is 50.6 Å². The Labute approximate surface area is 141 Å². The standard InChI is InChI=1S/C19H23N3O2/c1-12-11-15(20)9-10-22(12)19(23)16-17(13-7-8-13)24-18(21-16)14-5-3-2-4-6-14/h2-6,12-13,15H,7-11,20H2,1H3/t12-,15+/m1/s1. The molecule has 1 amide bonds. The third-order valence-corrected chi connectivity index (χ3v) is 5.00. The number of likely N-dealkylation sites (tertiary alicyclic amines) is 1. The number of hydrogen-bond acceptors (Lipinski definition) is 4. The minimum Gasteiger partial charge on any atom is -0.440 e. The highest BCUT2D eigenvalue weighted by molar-refractivity contribution is 5.94. The van der Waals surface area contributed by atoms with Crippen LogP contribution < -0.4 is 5.73 Å². The summed E-state index contributed by atoms with van der Waals surface area (Å²) in [5, 5.41) is 0. The van der Waals surface area contributed by atoms with Crippen molar-refractivity contribution in [3.63, 3.8) is 0 Å². The van der Waals surface area contributed by atoms with Crippen molar-refractivity contribution in [1.82, 2.24) is 9.88 Å². The van der Waals surface area contributed by atoms with Crippen molar-refractivity contribution < 1.29 is 9.21 Å². The minimum atomic E-state index is -0.0118. The quantitative estimate of drug-likeness (QED) is 0.941. The molecule has 5 nitrogen and oxygen atoms in total. The summed E-state index contributed by atoms with van der Waals surface area (Å²) in [4.78, 5) is 19.6. The van der Waals surface area contributed by atoms with Crippen LogP contribution in [-0.2, 0) is 0 Å². The number of oxazole rings is 1. The molecule has 5 heteroatoms. The van der Waals surface area contributed by atoms with Gasteiger partial charge in [0, 0.05) is 30.1 Å². The van der Waals surface area contributed by atoms with Crippen molar-refractivity contribution in [1.29, 1.82) is 0 Å². The van der Waals surface area contributed by atoms with E-state index in [4.69, 9.17) is 10.2 Å². The molecule has 0 spiro atoms. The number of amides is 1. The molecule has 2 N–H and O–H groups in total. The van der Waals surface area contributed by atoms with Gasteiger partial charge < -0.3 is 15.1 Å². The van der Waals surface area contributed by atoms with E-state index in [2.05, 4.69) is 11.9 Å². The number of nitrogens with two attached hydrogens (primary N) is 1. The fourth-order valence-electron chi connectivity index (χ4n) is 3.46. The average Bonchev–Trinajstić information content (AvgIpc) is 3.33. The van der Waals surface area contributed by atoms with Crippen LogP contribution in [0.2, 0.25) is 0 Å². The Balaban J connectivity index is 1.67. The first-order valence-corrected chi connectivity index (χ1v) is 8.76. The molecule has 1 saturated carbocycles. The normalized spacial score (nSPS) is 24.2. The van der Waals surface area contributed by atoms with Crippen LogP contribution in [0.5, 0.6) is 0 Å². The van der Waals surface area contributed by atoms with Crippen molar-refractivity contribution in [2.75, 3.05) is 6.54 Å². The van der Waals surface area contributed by atoms with Gasteiger partial charge in [0.2, 0.25) is 5.89 Å². The van der Waals surface area contributed by atoms with Crippen LogP contribution in [0.4, 0.5) is 0 Å². The number of aromatic nitrogens is 1. The molecule has 1 saturated heterocycles. The zero-order valence-corrected chi connectivity index (χ0v) is 13.9. The van der Waals surface area contributed by atoms with Crippen molar-refractivity contribution >= 4 is 5.91 Å². The molecule has 1 aliphatic carbocycles. The molecule has 0 bridgehead atoms. The largest absolute Gasteiger partial charge is 0.440 e. The molecular formula is C19H23N3O2. The Morgan fingerprint density at radius 2 is 2.00 bits per heavy atom. The molecule has 2 aromatic rings. The van der Waals surface area contributed by atoms with Crippen LogP contribution in [0.25, 0.3) is 11.5 Å². The zero-order chi connectivity index (χ0) is 16.7. The van der Waals surface area contributed by atoms with E-state index in [1.165, 1.54) is 0 Å². The second kappa shape index (κ2) is 6.06. The first-order valence-electron chi connectivity index (χ1n) is 8.76. The third kappa shape index (κ3) is 2.84. The lowest BCUT2D eigenvalue weighted by atomic mass is 9.98. The van der Waals surface area contributed by atoms with E-state index in [0.29, 0.717) is 24.0 Å². The van der Waals surface area contributed by atoms with Gasteiger partial charge in [0.25, 0.3) is 5.91 Å². The number of rotatable bonds is 3. The van der Waals surface area contributed by atoms with Crippen LogP contribution in [0, 0.1) is 0 Å². The summed E-state index contributed by atoms with van der Waals surface area (Å²) in [5.41, 5.74) is 7.43. The molecule has 0 unspecified atom stereocenters. The molecule has 126 valence electrons. The first kappa shape index (κ1) is 15.4. The Hall–Kier alpha value is -2.14. The highest BCUT2D eigenvalue weighted by Crippen LogP contribution is 2.43. The lowest BCUT2D eigenvalue weighted by Gasteiger charge is -2.36. The van der Waals surface area contributed by atoms with Gasteiger partial charge in [0.1, 0.15) is 5.76 Å². The Morgan fingerprint density at radius 3 is 2.67 bits per heavy atom. The fourth-order valence-corrected chi connectivity index (χ4v) is 3.46. The molecule has 2 heterocycles. The molecular weight excluding hydrogens is 302 g/mol. The minimum absolute atomic E-state index is 0.0118. The highest BCUT2D eigenvalue weighted by atomic mass is 16.4. The maximum Gasteiger partial charge on any atom is 0.276 e. The molecule has 0 radical (unpaired) electrons. The van der Waals surface area contributed by atoms with Gasteiger partial charge in [-0.25, -0.2) is 4.98 Å². The van der Waals surface area contributed by atoms with E-state index in [9.17, 15) is 4.79 Å². The number of nitrogens with zero attached hydrogens (tertiary/aromatic N) is 2. The third-order valence-electron chi connectivity index (χ3n) is 5.00. The second-order valence-electron chi connectivity index (χ2n) is 7.00. The monoisotopic (exact) mass is 325 g/mol. The Bertz CT molecular complexity index is 736. The SMILES string of the molecule is C[C@@H]1C[C@@H](N)CCN1C(=O)c1nc(-c2ccccc2)oc1C1CC1. The number of carbonyl (C=O) groups excluding carboxylic acids is 1. The summed E-state index contributed by atoms with van der Waals surface area (Å²) >= 11 is 0. The Morgan fingerprint density at radius 1 is 1.25 bits per heavy atom. The summed E-state index contributed by atoms with van der Waals surface area (Å²) in [6, 6.07) is 10.1.